The second kappa shape index (κ2) is 5.74. The normalized spacial score (nSPS) is 25.0. The van der Waals surface area contributed by atoms with Crippen LogP contribution in [0.2, 0.25) is 0 Å². The van der Waals surface area contributed by atoms with Crippen LogP contribution in [0, 0.1) is 0 Å². The first-order valence-corrected chi connectivity index (χ1v) is 7.62. The van der Waals surface area contributed by atoms with Crippen LogP contribution in [0.15, 0.2) is 27.0 Å². The third-order valence-electron chi connectivity index (χ3n) is 3.43. The summed E-state index contributed by atoms with van der Waals surface area (Å²) in [6.45, 7) is 0. The molecule has 3 aliphatic rings. The number of rotatable bonds is 3. The Morgan fingerprint density at radius 1 is 1.45 bits per heavy atom. The van der Waals surface area contributed by atoms with Crippen LogP contribution in [0.3, 0.4) is 0 Å². The van der Waals surface area contributed by atoms with E-state index >= 15 is 0 Å². The van der Waals surface area contributed by atoms with Crippen molar-refractivity contribution in [1.29, 1.82) is 0 Å². The zero-order chi connectivity index (χ0) is 13.9. The first kappa shape index (κ1) is 13.3. The highest BCUT2D eigenvalue weighted by atomic mass is 32.2. The highest BCUT2D eigenvalue weighted by molar-refractivity contribution is 8.14. The molecule has 2 heterocycles. The summed E-state index contributed by atoms with van der Waals surface area (Å²) >= 11 is 1.22. The molecule has 106 valence electrons. The lowest BCUT2D eigenvalue weighted by Gasteiger charge is -2.17. The van der Waals surface area contributed by atoms with Gasteiger partial charge in [-0.25, -0.2) is 4.99 Å². The zero-order valence-electron chi connectivity index (χ0n) is 10.8. The third kappa shape index (κ3) is 2.90. The molecule has 1 saturated carbocycles. The minimum absolute atomic E-state index is 0.0202. The lowest BCUT2D eigenvalue weighted by molar-refractivity contribution is -0.119. The Kier molecular flexibility index (Phi) is 3.81. The summed E-state index contributed by atoms with van der Waals surface area (Å²) in [6, 6.07) is 0.309. The summed E-state index contributed by atoms with van der Waals surface area (Å²) < 4.78 is 0. The number of hydrogen-bond donors (Lipinski definition) is 2. The van der Waals surface area contributed by atoms with Crippen LogP contribution >= 0.6 is 11.8 Å². The summed E-state index contributed by atoms with van der Waals surface area (Å²) in [4.78, 5) is 27.8. The fourth-order valence-corrected chi connectivity index (χ4v) is 3.11. The number of hydrogen-bond acceptors (Lipinski definition) is 6. The van der Waals surface area contributed by atoms with Gasteiger partial charge in [-0.1, -0.05) is 24.6 Å². The number of thioether (sulfide) groups is 1. The predicted octanol–water partition coefficient (Wildman–Crippen LogP) is 0.940. The predicted molar refractivity (Wildman–Crippen MR) is 75.2 cm³/mol. The number of amides is 2. The van der Waals surface area contributed by atoms with Gasteiger partial charge in [0.1, 0.15) is 0 Å². The van der Waals surface area contributed by atoms with Crippen LogP contribution in [-0.4, -0.2) is 34.9 Å². The smallest absolute Gasteiger partial charge is 0.258 e. The lowest BCUT2D eigenvalue weighted by Crippen LogP contribution is -2.39. The maximum Gasteiger partial charge on any atom is 0.258 e. The molecule has 1 unspecified atom stereocenters. The first-order valence-electron chi connectivity index (χ1n) is 6.64. The van der Waals surface area contributed by atoms with Crippen molar-refractivity contribution in [1.82, 2.24) is 10.6 Å². The van der Waals surface area contributed by atoms with Gasteiger partial charge in [0.15, 0.2) is 11.3 Å². The molecule has 0 aromatic rings. The molecule has 0 spiro atoms. The quantitative estimate of drug-likeness (QED) is 0.810. The van der Waals surface area contributed by atoms with E-state index in [9.17, 15) is 9.59 Å². The van der Waals surface area contributed by atoms with Gasteiger partial charge in [0.05, 0.1) is 17.5 Å². The Morgan fingerprint density at radius 3 is 3.05 bits per heavy atom. The van der Waals surface area contributed by atoms with Gasteiger partial charge < -0.3 is 10.6 Å². The van der Waals surface area contributed by atoms with E-state index in [1.165, 1.54) is 30.8 Å². The van der Waals surface area contributed by atoms with Crippen molar-refractivity contribution >= 4 is 28.7 Å². The second-order valence-corrected chi connectivity index (χ2v) is 5.88. The van der Waals surface area contributed by atoms with E-state index in [0.717, 1.165) is 12.8 Å². The average molecular weight is 293 g/mol. The standard InChI is InChI=1S/C12H15N5O2S/c18-9(14-7-3-1-2-4-7)6-20-12-15-10-8(5-13-17-10)11(19)16-12/h5,7,10H,1-4,6H2,(H,14,18)(H,15,16,19). The molecular formula is C12H15N5O2S. The Balaban J connectivity index is 1.51. The molecule has 8 heteroatoms. The second-order valence-electron chi connectivity index (χ2n) is 4.91. The molecule has 1 atom stereocenters. The molecule has 2 amide bonds. The van der Waals surface area contributed by atoms with E-state index in [-0.39, 0.29) is 17.6 Å². The molecule has 0 bridgehead atoms. The van der Waals surface area contributed by atoms with Gasteiger partial charge in [0.2, 0.25) is 5.91 Å². The first-order chi connectivity index (χ1) is 9.72. The molecule has 0 radical (unpaired) electrons. The molecule has 1 aliphatic carbocycles. The summed E-state index contributed by atoms with van der Waals surface area (Å²) in [5.41, 5.74) is 0.449. The largest absolute Gasteiger partial charge is 0.353 e. The topological polar surface area (TPSA) is 95.3 Å². The van der Waals surface area contributed by atoms with Gasteiger partial charge in [0.25, 0.3) is 5.91 Å². The molecule has 20 heavy (non-hydrogen) atoms. The fraction of sp³-hybridized carbons (Fsp3) is 0.583. The molecule has 0 aromatic heterocycles. The number of fused-ring (bicyclic) bond motifs is 1. The van der Waals surface area contributed by atoms with Gasteiger partial charge in [-0.05, 0) is 12.8 Å². The highest BCUT2D eigenvalue weighted by Crippen LogP contribution is 2.22. The van der Waals surface area contributed by atoms with Crippen molar-refractivity contribution in [2.45, 2.75) is 37.9 Å². The molecule has 7 nitrogen and oxygen atoms in total. The number of amidine groups is 1. The molecule has 2 N–H and O–H groups in total. The zero-order valence-corrected chi connectivity index (χ0v) is 11.7. The fourth-order valence-electron chi connectivity index (χ4n) is 2.42. The van der Waals surface area contributed by atoms with Crippen LogP contribution < -0.4 is 10.6 Å². The van der Waals surface area contributed by atoms with Crippen molar-refractivity contribution in [2.75, 3.05) is 5.75 Å². The van der Waals surface area contributed by atoms with Crippen LogP contribution in [0.4, 0.5) is 0 Å². The van der Waals surface area contributed by atoms with E-state index in [1.807, 2.05) is 0 Å². The SMILES string of the molecule is O=C(CSC1=NC2N=NC=C2C(=O)N1)NC1CCCC1. The van der Waals surface area contributed by atoms with Gasteiger partial charge in [0, 0.05) is 6.04 Å². The van der Waals surface area contributed by atoms with Crippen LogP contribution in [-0.2, 0) is 9.59 Å². The van der Waals surface area contributed by atoms with Crippen LogP contribution in [0.1, 0.15) is 25.7 Å². The summed E-state index contributed by atoms with van der Waals surface area (Å²) in [5.74, 6) is -0.0136. The molecule has 0 aromatic carbocycles. The number of carbonyl (C=O) groups is 2. The minimum Gasteiger partial charge on any atom is -0.353 e. The number of aliphatic imine (C=N–C) groups is 1. The van der Waals surface area contributed by atoms with Crippen molar-refractivity contribution < 1.29 is 9.59 Å². The van der Waals surface area contributed by atoms with Crippen molar-refractivity contribution in [3.63, 3.8) is 0 Å². The van der Waals surface area contributed by atoms with Crippen molar-refractivity contribution in [2.24, 2.45) is 15.2 Å². The minimum atomic E-state index is -0.538. The monoisotopic (exact) mass is 293 g/mol. The van der Waals surface area contributed by atoms with Gasteiger partial charge in [-0.15, -0.1) is 0 Å². The van der Waals surface area contributed by atoms with Crippen LogP contribution in [0.5, 0.6) is 0 Å². The van der Waals surface area contributed by atoms with E-state index in [0.29, 0.717) is 16.8 Å². The van der Waals surface area contributed by atoms with Crippen molar-refractivity contribution in [3.8, 4) is 0 Å². The van der Waals surface area contributed by atoms with Gasteiger partial charge in [-0.3, -0.25) is 9.59 Å². The summed E-state index contributed by atoms with van der Waals surface area (Å²) in [6.07, 6.45) is 5.36. The Labute approximate surface area is 120 Å². The number of azo groups is 1. The Hall–Kier alpha value is -1.70. The van der Waals surface area contributed by atoms with Gasteiger partial charge in [-0.2, -0.15) is 10.2 Å². The number of nitrogens with one attached hydrogen (secondary N) is 2. The van der Waals surface area contributed by atoms with Gasteiger partial charge >= 0.3 is 0 Å². The van der Waals surface area contributed by atoms with E-state index in [4.69, 9.17) is 0 Å². The molecule has 3 rings (SSSR count). The number of carbonyl (C=O) groups excluding carboxylic acids is 2. The van der Waals surface area contributed by atoms with E-state index in [2.05, 4.69) is 25.9 Å². The third-order valence-corrected chi connectivity index (χ3v) is 4.32. The molecular weight excluding hydrogens is 278 g/mol. The maximum atomic E-state index is 11.8. The van der Waals surface area contributed by atoms with Crippen molar-refractivity contribution in [3.05, 3.63) is 11.8 Å². The number of nitrogens with zero attached hydrogens (tertiary/aromatic N) is 3. The average Bonchev–Trinajstić information content (AvgIpc) is 3.07. The summed E-state index contributed by atoms with van der Waals surface area (Å²) in [5, 5.41) is 13.6. The van der Waals surface area contributed by atoms with E-state index in [1.54, 1.807) is 0 Å². The molecule has 2 aliphatic heterocycles. The molecule has 1 fully saturated rings. The summed E-state index contributed by atoms with van der Waals surface area (Å²) in [7, 11) is 0. The highest BCUT2D eigenvalue weighted by Gasteiger charge is 2.30. The maximum absolute atomic E-state index is 11.8. The van der Waals surface area contributed by atoms with Crippen LogP contribution in [0.25, 0.3) is 0 Å². The lowest BCUT2D eigenvalue weighted by atomic mass is 10.2. The Morgan fingerprint density at radius 2 is 2.25 bits per heavy atom. The van der Waals surface area contributed by atoms with E-state index < -0.39 is 6.17 Å². The Bertz CT molecular complexity index is 522. The molecule has 0 saturated heterocycles.